The van der Waals surface area contributed by atoms with Crippen LogP contribution >= 0.6 is 0 Å². The number of aliphatic hydroxyl groups excluding tert-OH is 1. The molecule has 0 amide bonds. The molecule has 0 heterocycles. The van der Waals surface area contributed by atoms with E-state index in [9.17, 15) is 0 Å². The van der Waals surface area contributed by atoms with Gasteiger partial charge in [0.15, 0.2) is 0 Å². The van der Waals surface area contributed by atoms with Crippen LogP contribution in [0.2, 0.25) is 0 Å². The van der Waals surface area contributed by atoms with Crippen LogP contribution in [-0.2, 0) is 24.7 Å². The average Bonchev–Trinajstić information content (AvgIpc) is 1.69. The SMILES string of the molecule is CCCO.C[O][Ag]. The van der Waals surface area contributed by atoms with Gasteiger partial charge >= 0.3 is 31.8 Å². The molecule has 0 unspecified atom stereocenters. The van der Waals surface area contributed by atoms with Crippen molar-refractivity contribution >= 4 is 0 Å². The summed E-state index contributed by atoms with van der Waals surface area (Å²) in [5.41, 5.74) is 0. The number of hydrogen-bond donors (Lipinski definition) is 1. The Morgan fingerprint density at radius 1 is 1.71 bits per heavy atom. The van der Waals surface area contributed by atoms with Gasteiger partial charge in [-0.05, 0) is 6.42 Å². The van der Waals surface area contributed by atoms with E-state index in [0.29, 0.717) is 6.61 Å². The molecule has 0 aromatic heterocycles. The van der Waals surface area contributed by atoms with Crippen LogP contribution in [0.5, 0.6) is 0 Å². The summed E-state index contributed by atoms with van der Waals surface area (Å²) in [6.07, 6.45) is 0.875. The van der Waals surface area contributed by atoms with Crippen molar-refractivity contribution in [3.63, 3.8) is 0 Å². The summed E-state index contributed by atoms with van der Waals surface area (Å²) in [5.74, 6) is 0. The fraction of sp³-hybridized carbons (Fsp3) is 1.00. The van der Waals surface area contributed by atoms with Gasteiger partial charge in [-0.25, -0.2) is 0 Å². The van der Waals surface area contributed by atoms with Crippen LogP contribution in [-0.4, -0.2) is 18.8 Å². The molecule has 0 rings (SSSR count). The standard InChI is InChI=1S/C3H8O.CH3O.Ag/c1-2-3-4;1-2;/h4H,2-3H2,1H3;1H3;/q;-1;+1. The van der Waals surface area contributed by atoms with Crippen molar-refractivity contribution in [1.29, 1.82) is 0 Å². The van der Waals surface area contributed by atoms with Crippen LogP contribution in [0, 0.1) is 0 Å². The third-order valence-electron chi connectivity index (χ3n) is 0.224. The molecule has 0 bridgehead atoms. The minimum atomic E-state index is 0.319. The van der Waals surface area contributed by atoms with Gasteiger partial charge in [-0.15, -0.1) is 0 Å². The van der Waals surface area contributed by atoms with E-state index in [-0.39, 0.29) is 0 Å². The molecule has 0 aliphatic carbocycles. The molecule has 7 heavy (non-hydrogen) atoms. The fourth-order valence-electron chi connectivity index (χ4n) is 0. The molecule has 0 aromatic carbocycles. The third kappa shape index (κ3) is 52.5. The topological polar surface area (TPSA) is 29.5 Å². The molecule has 0 aliphatic rings. The van der Waals surface area contributed by atoms with E-state index in [0.717, 1.165) is 6.42 Å². The number of hydrogen-bond acceptors (Lipinski definition) is 2. The van der Waals surface area contributed by atoms with E-state index >= 15 is 0 Å². The Balaban J connectivity index is 0. The van der Waals surface area contributed by atoms with Crippen molar-refractivity contribution in [2.45, 2.75) is 13.3 Å². The first-order chi connectivity index (χ1) is 3.33. The molecule has 0 radical (unpaired) electrons. The van der Waals surface area contributed by atoms with E-state index in [4.69, 9.17) is 5.11 Å². The van der Waals surface area contributed by atoms with E-state index < -0.39 is 0 Å². The molecule has 0 aromatic rings. The summed E-state index contributed by atoms with van der Waals surface area (Å²) >= 11 is 2.66. The van der Waals surface area contributed by atoms with Crippen molar-refractivity contribution in [3.8, 4) is 0 Å². The Hall–Kier alpha value is 0.660. The maximum absolute atomic E-state index is 7.88. The van der Waals surface area contributed by atoms with Crippen molar-refractivity contribution < 1.29 is 29.8 Å². The summed E-state index contributed by atoms with van der Waals surface area (Å²) in [6, 6.07) is 0. The van der Waals surface area contributed by atoms with Gasteiger partial charge in [0.2, 0.25) is 0 Å². The molecule has 0 fully saturated rings. The van der Waals surface area contributed by atoms with Gasteiger partial charge in [0.1, 0.15) is 0 Å². The van der Waals surface area contributed by atoms with Crippen LogP contribution in [0.4, 0.5) is 0 Å². The molecule has 0 saturated carbocycles. The molecular weight excluding hydrogens is 188 g/mol. The van der Waals surface area contributed by atoms with E-state index in [1.54, 1.807) is 7.11 Å². The van der Waals surface area contributed by atoms with Gasteiger partial charge < -0.3 is 5.11 Å². The van der Waals surface area contributed by atoms with Gasteiger partial charge in [0, 0.05) is 6.61 Å². The predicted octanol–water partition coefficient (Wildman–Crippen LogP) is 0.483. The second kappa shape index (κ2) is 15.9. The zero-order valence-electron chi connectivity index (χ0n) is 4.57. The summed E-state index contributed by atoms with van der Waals surface area (Å²) < 4.78 is 4.06. The first-order valence-electron chi connectivity index (χ1n) is 2.05. The Morgan fingerprint density at radius 3 is 1.86 bits per heavy atom. The van der Waals surface area contributed by atoms with E-state index in [1.807, 2.05) is 6.92 Å². The summed E-state index contributed by atoms with van der Waals surface area (Å²) in [7, 11) is 1.54. The zero-order chi connectivity index (χ0) is 6.12. The average molecular weight is 199 g/mol. The predicted molar refractivity (Wildman–Crippen MR) is 24.4 cm³/mol. The monoisotopic (exact) mass is 198 g/mol. The molecule has 3 heteroatoms. The molecule has 0 saturated heterocycles. The molecule has 2 nitrogen and oxygen atoms in total. The van der Waals surface area contributed by atoms with Crippen LogP contribution in [0.1, 0.15) is 13.3 Å². The van der Waals surface area contributed by atoms with Crippen LogP contribution < -0.4 is 0 Å². The Morgan fingerprint density at radius 2 is 1.86 bits per heavy atom. The Kier molecular flexibility index (Phi) is 24.1. The molecule has 0 spiro atoms. The summed E-state index contributed by atoms with van der Waals surface area (Å²) in [4.78, 5) is 0. The molecule has 1 N–H and O–H groups in total. The Labute approximate surface area is 57.3 Å². The van der Waals surface area contributed by atoms with Crippen molar-refractivity contribution in [2.24, 2.45) is 0 Å². The van der Waals surface area contributed by atoms with Crippen LogP contribution in [0.15, 0.2) is 0 Å². The summed E-state index contributed by atoms with van der Waals surface area (Å²) in [5, 5.41) is 7.88. The quantitative estimate of drug-likeness (QED) is 0.622. The zero-order valence-corrected chi connectivity index (χ0v) is 6.05. The van der Waals surface area contributed by atoms with Crippen LogP contribution in [0.25, 0.3) is 0 Å². The van der Waals surface area contributed by atoms with Gasteiger partial charge in [0.25, 0.3) is 0 Å². The second-order valence-corrected chi connectivity index (χ2v) is 1.45. The fourth-order valence-corrected chi connectivity index (χ4v) is 0. The van der Waals surface area contributed by atoms with Gasteiger partial charge in [0.05, 0.1) is 0 Å². The second-order valence-electron chi connectivity index (χ2n) is 0.847. The van der Waals surface area contributed by atoms with Crippen molar-refractivity contribution in [1.82, 2.24) is 0 Å². The van der Waals surface area contributed by atoms with E-state index in [2.05, 4.69) is 24.7 Å². The van der Waals surface area contributed by atoms with Gasteiger partial charge in [-0.2, -0.15) is 0 Å². The van der Waals surface area contributed by atoms with Gasteiger partial charge in [-0.1, -0.05) is 6.92 Å². The van der Waals surface area contributed by atoms with Crippen molar-refractivity contribution in [3.05, 3.63) is 0 Å². The summed E-state index contributed by atoms with van der Waals surface area (Å²) in [6.45, 7) is 2.25. The van der Waals surface area contributed by atoms with E-state index in [1.165, 1.54) is 0 Å². The molecule has 50 valence electrons. The molecule has 0 aliphatic heterocycles. The van der Waals surface area contributed by atoms with Crippen LogP contribution in [0.3, 0.4) is 0 Å². The normalized spacial score (nSPS) is 7.00. The minimum absolute atomic E-state index is 0.319. The first kappa shape index (κ1) is 10.6. The Bertz CT molecular complexity index is 17.2. The molecule has 0 atom stereocenters. The van der Waals surface area contributed by atoms with Gasteiger partial charge in [-0.3, -0.25) is 0 Å². The van der Waals surface area contributed by atoms with Crippen molar-refractivity contribution in [2.75, 3.05) is 13.7 Å². The molecular formula is C4H11AgO2. The third-order valence-corrected chi connectivity index (χ3v) is 0.224. The maximum atomic E-state index is 7.88. The number of aliphatic hydroxyl groups is 1. The first-order valence-corrected chi connectivity index (χ1v) is 2.66. The number of rotatable bonds is 1.